The number of benzene rings is 2. The number of fused-ring (bicyclic) bond motifs is 3. The molecule has 0 radical (unpaired) electrons. The van der Waals surface area contributed by atoms with Gasteiger partial charge in [0.05, 0.1) is 0 Å². The molecule has 0 heterocycles. The van der Waals surface area contributed by atoms with Crippen molar-refractivity contribution in [2.45, 2.75) is 32.6 Å². The summed E-state index contributed by atoms with van der Waals surface area (Å²) in [5.41, 5.74) is 13.9. The van der Waals surface area contributed by atoms with Crippen molar-refractivity contribution in [1.82, 2.24) is 0 Å². The third kappa shape index (κ3) is 1.71. The first kappa shape index (κ1) is 11.3. The van der Waals surface area contributed by atoms with E-state index in [-0.39, 0.29) is 5.41 Å². The lowest BCUT2D eigenvalue weighted by Gasteiger charge is -2.20. The number of anilines is 1. The molecule has 0 saturated heterocycles. The van der Waals surface area contributed by atoms with E-state index >= 15 is 0 Å². The largest absolute Gasteiger partial charge is 0.399 e. The molecular weight excluding hydrogens is 218 g/mol. The van der Waals surface area contributed by atoms with Crippen LogP contribution in [0, 0.1) is 0 Å². The standard InChI is InChI=1S/C17H19N/c1-17(2,3)13-4-6-15-11(9-13)8-12-10-14(18)5-7-16(12)15/h4-7,9-10H,8,18H2,1-3H3. The van der Waals surface area contributed by atoms with Gasteiger partial charge in [-0.15, -0.1) is 0 Å². The van der Waals surface area contributed by atoms with E-state index in [0.29, 0.717) is 0 Å². The van der Waals surface area contributed by atoms with Crippen LogP contribution in [0.2, 0.25) is 0 Å². The Balaban J connectivity index is 2.12. The van der Waals surface area contributed by atoms with Gasteiger partial charge in [0.25, 0.3) is 0 Å². The summed E-state index contributed by atoms with van der Waals surface area (Å²) in [6.07, 6.45) is 1.01. The molecule has 0 aliphatic heterocycles. The lowest BCUT2D eigenvalue weighted by Crippen LogP contribution is -2.11. The summed E-state index contributed by atoms with van der Waals surface area (Å²) in [5, 5.41) is 0. The molecule has 0 unspecified atom stereocenters. The monoisotopic (exact) mass is 237 g/mol. The second kappa shape index (κ2) is 3.61. The molecule has 0 atom stereocenters. The van der Waals surface area contributed by atoms with Crippen molar-refractivity contribution in [3.63, 3.8) is 0 Å². The van der Waals surface area contributed by atoms with Crippen LogP contribution in [0.3, 0.4) is 0 Å². The predicted molar refractivity (Wildman–Crippen MR) is 77.8 cm³/mol. The van der Waals surface area contributed by atoms with Gasteiger partial charge in [0.1, 0.15) is 0 Å². The van der Waals surface area contributed by atoms with Crippen LogP contribution in [0.1, 0.15) is 37.5 Å². The van der Waals surface area contributed by atoms with Crippen molar-refractivity contribution in [2.24, 2.45) is 0 Å². The Labute approximate surface area is 109 Å². The number of nitrogen functional groups attached to an aromatic ring is 1. The van der Waals surface area contributed by atoms with Gasteiger partial charge < -0.3 is 5.73 Å². The highest BCUT2D eigenvalue weighted by Crippen LogP contribution is 2.39. The van der Waals surface area contributed by atoms with Crippen LogP contribution in [0.15, 0.2) is 36.4 Å². The van der Waals surface area contributed by atoms with Crippen molar-refractivity contribution >= 4 is 5.69 Å². The molecule has 2 aromatic rings. The summed E-state index contributed by atoms with van der Waals surface area (Å²) in [7, 11) is 0. The SMILES string of the molecule is CC(C)(C)c1ccc2c(c1)Cc1cc(N)ccc1-2. The van der Waals surface area contributed by atoms with Gasteiger partial charge >= 0.3 is 0 Å². The molecule has 0 bridgehead atoms. The van der Waals surface area contributed by atoms with E-state index in [4.69, 9.17) is 5.73 Å². The molecule has 92 valence electrons. The molecule has 1 aliphatic rings. The Morgan fingerprint density at radius 3 is 2.17 bits per heavy atom. The molecule has 1 heteroatoms. The second-order valence-corrected chi connectivity index (χ2v) is 6.22. The molecule has 2 N–H and O–H groups in total. The van der Waals surface area contributed by atoms with Gasteiger partial charge in [-0.25, -0.2) is 0 Å². The van der Waals surface area contributed by atoms with Crippen LogP contribution in [-0.4, -0.2) is 0 Å². The molecule has 0 saturated carbocycles. The van der Waals surface area contributed by atoms with Crippen molar-refractivity contribution < 1.29 is 0 Å². The average Bonchev–Trinajstić information content (AvgIpc) is 2.63. The highest BCUT2D eigenvalue weighted by atomic mass is 14.5. The minimum Gasteiger partial charge on any atom is -0.399 e. The van der Waals surface area contributed by atoms with E-state index in [1.807, 2.05) is 6.07 Å². The normalized spacial score (nSPS) is 13.3. The third-order valence-corrected chi connectivity index (χ3v) is 3.77. The Morgan fingerprint density at radius 1 is 0.889 bits per heavy atom. The molecule has 0 spiro atoms. The van der Waals surface area contributed by atoms with E-state index in [1.54, 1.807) is 0 Å². The lowest BCUT2D eigenvalue weighted by atomic mass is 9.85. The molecule has 3 rings (SSSR count). The topological polar surface area (TPSA) is 26.0 Å². The van der Waals surface area contributed by atoms with Gasteiger partial charge in [-0.2, -0.15) is 0 Å². The fraction of sp³-hybridized carbons (Fsp3) is 0.294. The highest BCUT2D eigenvalue weighted by molar-refractivity contribution is 5.78. The molecule has 2 aromatic carbocycles. The maximum absolute atomic E-state index is 5.86. The summed E-state index contributed by atoms with van der Waals surface area (Å²) in [6.45, 7) is 6.78. The molecular formula is C17H19N. The maximum Gasteiger partial charge on any atom is 0.0317 e. The first-order chi connectivity index (χ1) is 8.45. The molecule has 0 fully saturated rings. The van der Waals surface area contributed by atoms with Crippen molar-refractivity contribution in [2.75, 3.05) is 5.73 Å². The fourth-order valence-corrected chi connectivity index (χ4v) is 2.70. The van der Waals surface area contributed by atoms with Gasteiger partial charge in [-0.1, -0.05) is 45.0 Å². The smallest absolute Gasteiger partial charge is 0.0317 e. The zero-order valence-electron chi connectivity index (χ0n) is 11.2. The Morgan fingerprint density at radius 2 is 1.50 bits per heavy atom. The zero-order valence-corrected chi connectivity index (χ0v) is 11.2. The first-order valence-corrected chi connectivity index (χ1v) is 6.47. The zero-order chi connectivity index (χ0) is 12.9. The van der Waals surface area contributed by atoms with Crippen LogP contribution < -0.4 is 5.73 Å². The van der Waals surface area contributed by atoms with E-state index < -0.39 is 0 Å². The minimum absolute atomic E-state index is 0.211. The van der Waals surface area contributed by atoms with E-state index in [2.05, 4.69) is 51.1 Å². The van der Waals surface area contributed by atoms with Crippen LogP contribution in [0.4, 0.5) is 5.69 Å². The Hall–Kier alpha value is -1.76. The van der Waals surface area contributed by atoms with E-state index in [0.717, 1.165) is 12.1 Å². The third-order valence-electron chi connectivity index (χ3n) is 3.77. The fourth-order valence-electron chi connectivity index (χ4n) is 2.70. The molecule has 18 heavy (non-hydrogen) atoms. The summed E-state index contributed by atoms with van der Waals surface area (Å²) < 4.78 is 0. The molecule has 0 aromatic heterocycles. The second-order valence-electron chi connectivity index (χ2n) is 6.22. The Kier molecular flexibility index (Phi) is 2.28. The van der Waals surface area contributed by atoms with E-state index in [1.165, 1.54) is 27.8 Å². The average molecular weight is 237 g/mol. The van der Waals surface area contributed by atoms with Crippen molar-refractivity contribution in [3.8, 4) is 11.1 Å². The summed E-state index contributed by atoms with van der Waals surface area (Å²) in [5.74, 6) is 0. The summed E-state index contributed by atoms with van der Waals surface area (Å²) in [4.78, 5) is 0. The summed E-state index contributed by atoms with van der Waals surface area (Å²) in [6, 6.07) is 13.1. The van der Waals surface area contributed by atoms with Crippen LogP contribution in [0.5, 0.6) is 0 Å². The number of nitrogens with two attached hydrogens (primary N) is 1. The quantitative estimate of drug-likeness (QED) is 0.584. The first-order valence-electron chi connectivity index (χ1n) is 6.47. The molecule has 1 aliphatic carbocycles. The summed E-state index contributed by atoms with van der Waals surface area (Å²) >= 11 is 0. The lowest BCUT2D eigenvalue weighted by molar-refractivity contribution is 0.590. The molecule has 0 amide bonds. The van der Waals surface area contributed by atoms with Gasteiger partial charge in [0, 0.05) is 5.69 Å². The Bertz CT molecular complexity index is 618. The predicted octanol–water partition coefficient (Wildman–Crippen LogP) is 4.14. The van der Waals surface area contributed by atoms with Crippen molar-refractivity contribution in [1.29, 1.82) is 0 Å². The van der Waals surface area contributed by atoms with Gasteiger partial charge in [0.2, 0.25) is 0 Å². The van der Waals surface area contributed by atoms with Crippen LogP contribution in [-0.2, 0) is 11.8 Å². The number of rotatable bonds is 0. The number of hydrogen-bond acceptors (Lipinski definition) is 1. The van der Waals surface area contributed by atoms with Gasteiger partial charge in [-0.3, -0.25) is 0 Å². The van der Waals surface area contributed by atoms with Crippen LogP contribution in [0.25, 0.3) is 11.1 Å². The molecule has 1 nitrogen and oxygen atoms in total. The minimum atomic E-state index is 0.211. The maximum atomic E-state index is 5.86. The van der Waals surface area contributed by atoms with Crippen LogP contribution >= 0.6 is 0 Å². The number of hydrogen-bond donors (Lipinski definition) is 1. The van der Waals surface area contributed by atoms with Crippen molar-refractivity contribution in [3.05, 3.63) is 53.1 Å². The van der Waals surface area contributed by atoms with Gasteiger partial charge in [0.15, 0.2) is 0 Å². The van der Waals surface area contributed by atoms with Gasteiger partial charge in [-0.05, 0) is 51.8 Å². The van der Waals surface area contributed by atoms with E-state index in [9.17, 15) is 0 Å². The highest BCUT2D eigenvalue weighted by Gasteiger charge is 2.21.